The van der Waals surface area contributed by atoms with Crippen LogP contribution in [0.5, 0.6) is 0 Å². The van der Waals surface area contributed by atoms with Crippen molar-refractivity contribution >= 4 is 11.9 Å². The van der Waals surface area contributed by atoms with Crippen molar-refractivity contribution in [2.75, 3.05) is 0 Å². The Balaban J connectivity index is 2.22. The van der Waals surface area contributed by atoms with E-state index in [1.54, 1.807) is 6.21 Å². The molecule has 0 atom stereocenters. The van der Waals surface area contributed by atoms with Gasteiger partial charge in [0.25, 0.3) is 0 Å². The Labute approximate surface area is 115 Å². The van der Waals surface area contributed by atoms with E-state index in [4.69, 9.17) is 0 Å². The molecule has 1 N–H and O–H groups in total. The highest BCUT2D eigenvalue weighted by Crippen LogP contribution is 2.24. The molecule has 1 aromatic carbocycles. The van der Waals surface area contributed by atoms with Crippen LogP contribution >= 0.6 is 0 Å². The Morgan fingerprint density at radius 3 is 2.89 bits per heavy atom. The zero-order valence-electron chi connectivity index (χ0n) is 11.7. The molecule has 0 aliphatic heterocycles. The van der Waals surface area contributed by atoms with E-state index in [0.717, 1.165) is 42.5 Å². The van der Waals surface area contributed by atoms with Gasteiger partial charge in [-0.1, -0.05) is 37.6 Å². The molecule has 0 aromatic heterocycles. The fraction of sp³-hybridized carbons (Fsp3) is 0.353. The number of rotatable bonds is 4. The normalized spacial score (nSPS) is 16.0. The molecule has 0 saturated carbocycles. The van der Waals surface area contributed by atoms with Crippen molar-refractivity contribution in [1.82, 2.24) is 0 Å². The molecule has 1 aliphatic rings. The average Bonchev–Trinajstić information content (AvgIpc) is 2.42. The van der Waals surface area contributed by atoms with Gasteiger partial charge in [-0.2, -0.15) is 0 Å². The Kier molecular flexibility index (Phi) is 4.56. The van der Waals surface area contributed by atoms with Gasteiger partial charge in [-0.05, 0) is 43.4 Å². The second-order valence-corrected chi connectivity index (χ2v) is 4.96. The third-order valence-corrected chi connectivity index (χ3v) is 3.41. The predicted octanol–water partition coefficient (Wildman–Crippen LogP) is 4.89. The first kappa shape index (κ1) is 13.6. The molecule has 2 rings (SSSR count). The Hall–Kier alpha value is -1.83. The Morgan fingerprint density at radius 1 is 1.32 bits per heavy atom. The lowest BCUT2D eigenvalue weighted by Gasteiger charge is -2.12. The minimum Gasteiger partial charge on any atom is -0.507 e. The first-order valence-electron chi connectivity index (χ1n) is 6.93. The van der Waals surface area contributed by atoms with E-state index < -0.39 is 0 Å². The van der Waals surface area contributed by atoms with E-state index >= 15 is 0 Å². The highest BCUT2D eigenvalue weighted by molar-refractivity contribution is 5.86. The summed E-state index contributed by atoms with van der Waals surface area (Å²) in [5.41, 5.74) is 4.15. The third kappa shape index (κ3) is 3.34. The largest absolute Gasteiger partial charge is 0.507 e. The van der Waals surface area contributed by atoms with Gasteiger partial charge in [0.2, 0.25) is 0 Å². The lowest BCUT2D eigenvalue weighted by atomic mass is 9.99. The van der Waals surface area contributed by atoms with Crippen LogP contribution in [0.25, 0.3) is 0 Å². The van der Waals surface area contributed by atoms with Gasteiger partial charge < -0.3 is 5.11 Å². The second-order valence-electron chi connectivity index (χ2n) is 4.96. The number of aryl methyl sites for hydroxylation is 1. The first-order chi connectivity index (χ1) is 9.22. The molecule has 0 unspecified atom stereocenters. The molecule has 0 bridgehead atoms. The highest BCUT2D eigenvalue weighted by atomic mass is 16.3. The smallest absolute Gasteiger partial charge is 0.122 e. The summed E-state index contributed by atoms with van der Waals surface area (Å²) in [6.45, 7) is 4.14. The molecule has 0 saturated heterocycles. The minimum absolute atomic E-state index is 0.392. The van der Waals surface area contributed by atoms with Crippen LogP contribution in [0, 0.1) is 0 Å². The summed E-state index contributed by atoms with van der Waals surface area (Å²) in [6.07, 6.45) is 7.90. The molecule has 100 valence electrons. The van der Waals surface area contributed by atoms with Gasteiger partial charge in [0.05, 0.1) is 5.69 Å². The van der Waals surface area contributed by atoms with E-state index in [0.29, 0.717) is 5.76 Å². The van der Waals surface area contributed by atoms with E-state index in [1.807, 2.05) is 31.2 Å². The van der Waals surface area contributed by atoms with Crippen molar-refractivity contribution in [3.05, 3.63) is 52.8 Å². The minimum atomic E-state index is 0.392. The number of para-hydroxylation sites is 1. The number of allylic oxidation sites excluding steroid dienone is 3. The van der Waals surface area contributed by atoms with Gasteiger partial charge in [0.1, 0.15) is 5.76 Å². The Morgan fingerprint density at radius 2 is 2.11 bits per heavy atom. The molecule has 0 amide bonds. The zero-order valence-corrected chi connectivity index (χ0v) is 11.7. The van der Waals surface area contributed by atoms with Gasteiger partial charge in [-0.3, -0.25) is 4.99 Å². The summed E-state index contributed by atoms with van der Waals surface area (Å²) in [5.74, 6) is 0.392. The Bertz CT molecular complexity index is 538. The number of benzene rings is 1. The van der Waals surface area contributed by atoms with Crippen molar-refractivity contribution in [2.24, 2.45) is 4.99 Å². The summed E-state index contributed by atoms with van der Waals surface area (Å²) in [7, 11) is 0. The van der Waals surface area contributed by atoms with Crippen LogP contribution in [0.1, 0.15) is 38.7 Å². The average molecular weight is 255 g/mol. The van der Waals surface area contributed by atoms with Gasteiger partial charge in [-0.15, -0.1) is 0 Å². The van der Waals surface area contributed by atoms with Crippen molar-refractivity contribution in [3.8, 4) is 0 Å². The molecule has 19 heavy (non-hydrogen) atoms. The van der Waals surface area contributed by atoms with E-state index in [2.05, 4.69) is 18.0 Å². The van der Waals surface area contributed by atoms with E-state index in [-0.39, 0.29) is 0 Å². The summed E-state index contributed by atoms with van der Waals surface area (Å²) in [5, 5.41) is 10.0. The van der Waals surface area contributed by atoms with Crippen molar-refractivity contribution in [2.45, 2.75) is 39.5 Å². The van der Waals surface area contributed by atoms with Crippen molar-refractivity contribution < 1.29 is 5.11 Å². The number of nitrogens with zero attached hydrogens (tertiary/aromatic N) is 1. The second kappa shape index (κ2) is 6.37. The van der Waals surface area contributed by atoms with E-state index in [1.165, 1.54) is 5.56 Å². The molecule has 0 heterocycles. The topological polar surface area (TPSA) is 32.6 Å². The molecule has 0 radical (unpaired) electrons. The van der Waals surface area contributed by atoms with Crippen LogP contribution in [0.3, 0.4) is 0 Å². The van der Waals surface area contributed by atoms with Gasteiger partial charge in [0.15, 0.2) is 0 Å². The van der Waals surface area contributed by atoms with Crippen molar-refractivity contribution in [1.29, 1.82) is 0 Å². The maximum Gasteiger partial charge on any atom is 0.122 e. The number of hydrogen-bond acceptors (Lipinski definition) is 2. The standard InChI is InChI=1S/C17H21NO/c1-3-7-14-9-4-5-11-16(14)18-12-15-10-6-8-13(2)17(15)19/h4-5,9-12,19H,3,6-8H2,1-2H3/b18-12+. The quantitative estimate of drug-likeness (QED) is 0.763. The molecule has 2 heteroatoms. The van der Waals surface area contributed by atoms with Crippen LogP contribution in [0.15, 0.2) is 52.2 Å². The molecule has 1 aromatic rings. The van der Waals surface area contributed by atoms with Crippen LogP contribution < -0.4 is 0 Å². The SMILES string of the molecule is CCCc1ccccc1/N=C/C1=CCCC(C)=C1O. The molecule has 1 aliphatic carbocycles. The summed E-state index contributed by atoms with van der Waals surface area (Å²) < 4.78 is 0. The molecular weight excluding hydrogens is 234 g/mol. The summed E-state index contributed by atoms with van der Waals surface area (Å²) >= 11 is 0. The van der Waals surface area contributed by atoms with Gasteiger partial charge >= 0.3 is 0 Å². The van der Waals surface area contributed by atoms with Crippen LogP contribution in [0.4, 0.5) is 5.69 Å². The molecular formula is C17H21NO. The van der Waals surface area contributed by atoms with Crippen LogP contribution in [0.2, 0.25) is 0 Å². The number of aliphatic hydroxyl groups is 1. The van der Waals surface area contributed by atoms with Crippen LogP contribution in [-0.4, -0.2) is 11.3 Å². The third-order valence-electron chi connectivity index (χ3n) is 3.41. The van der Waals surface area contributed by atoms with Gasteiger partial charge in [-0.25, -0.2) is 0 Å². The van der Waals surface area contributed by atoms with Crippen LogP contribution in [-0.2, 0) is 6.42 Å². The van der Waals surface area contributed by atoms with E-state index in [9.17, 15) is 5.11 Å². The molecule has 0 fully saturated rings. The first-order valence-corrected chi connectivity index (χ1v) is 6.93. The fourth-order valence-corrected chi connectivity index (χ4v) is 2.28. The molecule has 2 nitrogen and oxygen atoms in total. The number of aliphatic hydroxyl groups excluding tert-OH is 1. The lowest BCUT2D eigenvalue weighted by molar-refractivity contribution is 0.415. The zero-order chi connectivity index (χ0) is 13.7. The predicted molar refractivity (Wildman–Crippen MR) is 81.2 cm³/mol. The maximum absolute atomic E-state index is 10.0. The maximum atomic E-state index is 10.0. The lowest BCUT2D eigenvalue weighted by Crippen LogP contribution is -2.00. The molecule has 0 spiro atoms. The number of hydrogen-bond donors (Lipinski definition) is 1. The fourth-order valence-electron chi connectivity index (χ4n) is 2.28. The van der Waals surface area contributed by atoms with Gasteiger partial charge in [0, 0.05) is 11.8 Å². The number of aliphatic imine (C=N–C) groups is 1. The highest BCUT2D eigenvalue weighted by Gasteiger charge is 2.10. The summed E-state index contributed by atoms with van der Waals surface area (Å²) in [4.78, 5) is 4.55. The van der Waals surface area contributed by atoms with Crippen molar-refractivity contribution in [3.63, 3.8) is 0 Å². The monoisotopic (exact) mass is 255 g/mol. The summed E-state index contributed by atoms with van der Waals surface area (Å²) in [6, 6.07) is 8.19.